The molecule has 2 amide bonds. The molecule has 0 bridgehead atoms. The SMILES string of the molecule is CCCNC(=O)C(C)N(Cc1cccc(C)c1)C(=O)CN(c1ccc(CC)cc1)S(C)(=O)=O. The summed E-state index contributed by atoms with van der Waals surface area (Å²) in [5, 5.41) is 2.83. The summed E-state index contributed by atoms with van der Waals surface area (Å²) in [5.74, 6) is -0.711. The number of hydrogen-bond donors (Lipinski definition) is 1. The number of nitrogens with one attached hydrogen (secondary N) is 1. The lowest BCUT2D eigenvalue weighted by molar-refractivity contribution is -0.139. The van der Waals surface area contributed by atoms with Crippen LogP contribution < -0.4 is 9.62 Å². The van der Waals surface area contributed by atoms with E-state index in [4.69, 9.17) is 0 Å². The summed E-state index contributed by atoms with van der Waals surface area (Å²) < 4.78 is 26.2. The third-order valence-electron chi connectivity index (χ3n) is 5.46. The molecule has 180 valence electrons. The van der Waals surface area contributed by atoms with Gasteiger partial charge in [0.1, 0.15) is 12.6 Å². The second-order valence-electron chi connectivity index (χ2n) is 8.27. The Kier molecular flexibility index (Phi) is 9.46. The van der Waals surface area contributed by atoms with Crippen molar-refractivity contribution in [2.45, 2.75) is 53.1 Å². The van der Waals surface area contributed by atoms with Crippen LogP contribution in [0.3, 0.4) is 0 Å². The van der Waals surface area contributed by atoms with Crippen LogP contribution in [-0.2, 0) is 32.6 Å². The summed E-state index contributed by atoms with van der Waals surface area (Å²) in [6.07, 6.45) is 2.68. The fourth-order valence-corrected chi connectivity index (χ4v) is 4.35. The third kappa shape index (κ3) is 7.60. The van der Waals surface area contributed by atoms with Gasteiger partial charge in [-0.05, 0) is 49.9 Å². The summed E-state index contributed by atoms with van der Waals surface area (Å²) in [5.41, 5.74) is 3.40. The molecule has 0 aliphatic carbocycles. The molecule has 33 heavy (non-hydrogen) atoms. The van der Waals surface area contributed by atoms with E-state index in [1.165, 1.54) is 4.90 Å². The van der Waals surface area contributed by atoms with Crippen LogP contribution in [0, 0.1) is 6.92 Å². The Morgan fingerprint density at radius 1 is 1.03 bits per heavy atom. The molecule has 0 aliphatic heterocycles. The fraction of sp³-hybridized carbons (Fsp3) is 0.440. The number of nitrogens with zero attached hydrogens (tertiary/aromatic N) is 2. The molecule has 2 aromatic carbocycles. The fourth-order valence-electron chi connectivity index (χ4n) is 3.50. The van der Waals surface area contributed by atoms with Crippen molar-refractivity contribution in [2.24, 2.45) is 0 Å². The number of sulfonamides is 1. The third-order valence-corrected chi connectivity index (χ3v) is 6.60. The number of hydrogen-bond acceptors (Lipinski definition) is 4. The first-order valence-corrected chi connectivity index (χ1v) is 13.1. The number of rotatable bonds is 11. The van der Waals surface area contributed by atoms with Crippen molar-refractivity contribution in [1.82, 2.24) is 10.2 Å². The molecule has 0 aliphatic rings. The van der Waals surface area contributed by atoms with Gasteiger partial charge in [0, 0.05) is 13.1 Å². The van der Waals surface area contributed by atoms with Gasteiger partial charge in [0.15, 0.2) is 0 Å². The maximum atomic E-state index is 13.4. The molecule has 2 aromatic rings. The van der Waals surface area contributed by atoms with Crippen LogP contribution in [0.5, 0.6) is 0 Å². The van der Waals surface area contributed by atoms with Crippen LogP contribution in [0.25, 0.3) is 0 Å². The number of carbonyl (C=O) groups excluding carboxylic acids is 2. The molecule has 0 saturated carbocycles. The van der Waals surface area contributed by atoms with Gasteiger partial charge < -0.3 is 10.2 Å². The van der Waals surface area contributed by atoms with Crippen LogP contribution in [0.2, 0.25) is 0 Å². The summed E-state index contributed by atoms with van der Waals surface area (Å²) in [6, 6.07) is 14.0. The van der Waals surface area contributed by atoms with Crippen LogP contribution in [-0.4, -0.2) is 50.5 Å². The van der Waals surface area contributed by atoms with Crippen molar-refractivity contribution in [3.8, 4) is 0 Å². The quantitative estimate of drug-likeness (QED) is 0.543. The lowest BCUT2D eigenvalue weighted by Crippen LogP contribution is -2.51. The Labute approximate surface area is 197 Å². The van der Waals surface area contributed by atoms with E-state index in [0.717, 1.165) is 40.1 Å². The lowest BCUT2D eigenvalue weighted by Gasteiger charge is -2.31. The Morgan fingerprint density at radius 2 is 1.70 bits per heavy atom. The van der Waals surface area contributed by atoms with E-state index < -0.39 is 22.0 Å². The first kappa shape index (κ1) is 26.4. The second-order valence-corrected chi connectivity index (χ2v) is 10.2. The predicted molar refractivity (Wildman–Crippen MR) is 133 cm³/mol. The first-order valence-electron chi connectivity index (χ1n) is 11.3. The zero-order chi connectivity index (χ0) is 24.6. The molecular formula is C25H35N3O4S. The highest BCUT2D eigenvalue weighted by molar-refractivity contribution is 7.92. The van der Waals surface area contributed by atoms with Crippen LogP contribution in [0.15, 0.2) is 48.5 Å². The van der Waals surface area contributed by atoms with Gasteiger partial charge in [-0.1, -0.05) is 55.8 Å². The highest BCUT2D eigenvalue weighted by Crippen LogP contribution is 2.20. The Hall–Kier alpha value is -2.87. The van der Waals surface area contributed by atoms with Crippen LogP contribution in [0.4, 0.5) is 5.69 Å². The number of carbonyl (C=O) groups is 2. The lowest BCUT2D eigenvalue weighted by atomic mass is 10.1. The zero-order valence-corrected chi connectivity index (χ0v) is 21.0. The molecule has 0 spiro atoms. The van der Waals surface area contributed by atoms with E-state index in [2.05, 4.69) is 5.32 Å². The molecule has 8 heteroatoms. The van der Waals surface area contributed by atoms with E-state index in [-0.39, 0.29) is 19.0 Å². The van der Waals surface area contributed by atoms with E-state index in [1.54, 1.807) is 19.1 Å². The topological polar surface area (TPSA) is 86.8 Å². The van der Waals surface area contributed by atoms with Crippen molar-refractivity contribution < 1.29 is 18.0 Å². The van der Waals surface area contributed by atoms with Gasteiger partial charge in [-0.3, -0.25) is 13.9 Å². The summed E-state index contributed by atoms with van der Waals surface area (Å²) in [4.78, 5) is 27.6. The molecule has 0 fully saturated rings. The van der Waals surface area contributed by atoms with Gasteiger partial charge in [-0.15, -0.1) is 0 Å². The summed E-state index contributed by atoms with van der Waals surface area (Å²) in [6.45, 7) is 7.91. The van der Waals surface area contributed by atoms with Crippen LogP contribution >= 0.6 is 0 Å². The molecule has 7 nitrogen and oxygen atoms in total. The average molecular weight is 474 g/mol. The largest absolute Gasteiger partial charge is 0.354 e. The predicted octanol–water partition coefficient (Wildman–Crippen LogP) is 3.27. The Bertz CT molecular complexity index is 1050. The van der Waals surface area contributed by atoms with E-state index in [0.29, 0.717) is 12.2 Å². The maximum absolute atomic E-state index is 13.4. The number of aryl methyl sites for hydroxylation is 2. The van der Waals surface area contributed by atoms with Gasteiger partial charge in [0.05, 0.1) is 11.9 Å². The number of benzene rings is 2. The highest BCUT2D eigenvalue weighted by atomic mass is 32.2. The van der Waals surface area contributed by atoms with Gasteiger partial charge in [0.2, 0.25) is 21.8 Å². The van der Waals surface area contributed by atoms with Gasteiger partial charge in [0.25, 0.3) is 0 Å². The van der Waals surface area contributed by atoms with Crippen molar-refractivity contribution in [2.75, 3.05) is 23.7 Å². The van der Waals surface area contributed by atoms with Crippen molar-refractivity contribution in [1.29, 1.82) is 0 Å². The van der Waals surface area contributed by atoms with Gasteiger partial charge in [-0.25, -0.2) is 8.42 Å². The minimum absolute atomic E-state index is 0.202. The van der Waals surface area contributed by atoms with E-state index in [1.807, 2.05) is 57.2 Å². The number of amides is 2. The highest BCUT2D eigenvalue weighted by Gasteiger charge is 2.30. The van der Waals surface area contributed by atoms with E-state index in [9.17, 15) is 18.0 Å². The molecule has 0 aromatic heterocycles. The Morgan fingerprint density at radius 3 is 2.24 bits per heavy atom. The molecule has 0 radical (unpaired) electrons. The maximum Gasteiger partial charge on any atom is 0.244 e. The smallest absolute Gasteiger partial charge is 0.244 e. The molecule has 0 saturated heterocycles. The standard InChI is InChI=1S/C25H35N3O4S/c1-6-15-26-25(30)20(4)27(17-22-10-8-9-19(3)16-22)24(29)18-28(33(5,31)32)23-13-11-21(7-2)12-14-23/h8-14,16,20H,6-7,15,17-18H2,1-5H3,(H,26,30). The van der Waals surface area contributed by atoms with Crippen molar-refractivity contribution in [3.63, 3.8) is 0 Å². The van der Waals surface area contributed by atoms with Gasteiger partial charge in [-0.2, -0.15) is 0 Å². The zero-order valence-electron chi connectivity index (χ0n) is 20.2. The minimum Gasteiger partial charge on any atom is -0.354 e. The molecule has 2 rings (SSSR count). The van der Waals surface area contributed by atoms with Gasteiger partial charge >= 0.3 is 0 Å². The minimum atomic E-state index is -3.72. The second kappa shape index (κ2) is 11.8. The van der Waals surface area contributed by atoms with Crippen molar-refractivity contribution >= 4 is 27.5 Å². The molecule has 0 heterocycles. The average Bonchev–Trinajstić information content (AvgIpc) is 2.78. The normalized spacial score (nSPS) is 12.2. The van der Waals surface area contributed by atoms with Crippen LogP contribution in [0.1, 0.15) is 43.9 Å². The Balaban J connectivity index is 2.36. The molecule has 1 atom stereocenters. The molecule has 1 N–H and O–H groups in total. The van der Waals surface area contributed by atoms with Crippen molar-refractivity contribution in [3.05, 3.63) is 65.2 Å². The van der Waals surface area contributed by atoms with E-state index >= 15 is 0 Å². The monoisotopic (exact) mass is 473 g/mol. The molecule has 1 unspecified atom stereocenters. The summed E-state index contributed by atoms with van der Waals surface area (Å²) >= 11 is 0. The molecular weight excluding hydrogens is 438 g/mol. The number of anilines is 1. The summed E-state index contributed by atoms with van der Waals surface area (Å²) in [7, 11) is -3.72. The first-order chi connectivity index (χ1) is 15.6.